The lowest BCUT2D eigenvalue weighted by Crippen LogP contribution is -2.49. The Bertz CT molecular complexity index is 328. The van der Waals surface area contributed by atoms with Crippen molar-refractivity contribution in [1.82, 2.24) is 0 Å². The van der Waals surface area contributed by atoms with Crippen LogP contribution in [0.2, 0.25) is 0 Å². The lowest BCUT2D eigenvalue weighted by molar-refractivity contribution is -0.195. The van der Waals surface area contributed by atoms with E-state index < -0.39 is 24.4 Å². The van der Waals surface area contributed by atoms with Crippen molar-refractivity contribution in [1.29, 1.82) is 0 Å². The largest absolute Gasteiger partial charge is 0.394 e. The van der Waals surface area contributed by atoms with Crippen molar-refractivity contribution in [3.63, 3.8) is 0 Å². The fourth-order valence-corrected chi connectivity index (χ4v) is 3.08. The molecule has 0 amide bonds. The number of rotatable bonds is 5. The third kappa shape index (κ3) is 4.61. The quantitative estimate of drug-likeness (QED) is 0.525. The van der Waals surface area contributed by atoms with Crippen LogP contribution in [-0.4, -0.2) is 82.5 Å². The van der Waals surface area contributed by atoms with Crippen LogP contribution in [-0.2, 0) is 14.2 Å². The Morgan fingerprint density at radius 2 is 1.82 bits per heavy atom. The second-order valence-corrected chi connectivity index (χ2v) is 6.40. The highest BCUT2D eigenvalue weighted by molar-refractivity contribution is 4.84. The van der Waals surface area contributed by atoms with Gasteiger partial charge in [-0.15, -0.1) is 0 Å². The van der Waals surface area contributed by atoms with Crippen molar-refractivity contribution < 1.29 is 34.6 Å². The van der Waals surface area contributed by atoms with Crippen molar-refractivity contribution in [3.8, 4) is 0 Å². The van der Waals surface area contributed by atoms with E-state index in [4.69, 9.17) is 14.2 Å². The Hall–Kier alpha value is -0.280. The Kier molecular flexibility index (Phi) is 6.58. The molecule has 0 aliphatic carbocycles. The average Bonchev–Trinajstić information content (AvgIpc) is 2.49. The zero-order valence-electron chi connectivity index (χ0n) is 13.2. The fraction of sp³-hybridized carbons (Fsp3) is 1.00. The van der Waals surface area contributed by atoms with Crippen LogP contribution in [0.25, 0.3) is 0 Å². The summed E-state index contributed by atoms with van der Waals surface area (Å²) >= 11 is 0. The molecule has 2 fully saturated rings. The summed E-state index contributed by atoms with van der Waals surface area (Å²) in [7, 11) is 0. The maximum Gasteiger partial charge on any atom is 0.106 e. The molecule has 0 bridgehead atoms. The van der Waals surface area contributed by atoms with Gasteiger partial charge in [-0.3, -0.25) is 0 Å². The minimum Gasteiger partial charge on any atom is -0.394 e. The average molecular weight is 320 g/mol. The Balaban J connectivity index is 1.78. The van der Waals surface area contributed by atoms with Gasteiger partial charge in [-0.1, -0.05) is 0 Å². The van der Waals surface area contributed by atoms with Gasteiger partial charge in [0.15, 0.2) is 0 Å². The number of hydrogen-bond donors (Lipinski definition) is 4. The zero-order valence-corrected chi connectivity index (χ0v) is 13.2. The van der Waals surface area contributed by atoms with Gasteiger partial charge in [0.25, 0.3) is 0 Å². The molecule has 0 spiro atoms. The van der Waals surface area contributed by atoms with Crippen LogP contribution in [0, 0.1) is 0 Å². The summed E-state index contributed by atoms with van der Waals surface area (Å²) in [5.74, 6) is 0. The molecule has 0 saturated carbocycles. The molecule has 2 unspecified atom stereocenters. The maximum absolute atomic E-state index is 9.81. The van der Waals surface area contributed by atoms with Gasteiger partial charge in [0.1, 0.15) is 6.10 Å². The molecule has 4 N–H and O–H groups in total. The first-order valence-electron chi connectivity index (χ1n) is 7.98. The lowest BCUT2D eigenvalue weighted by Gasteiger charge is -2.38. The highest BCUT2D eigenvalue weighted by Crippen LogP contribution is 2.25. The number of ether oxygens (including phenoxy) is 3. The van der Waals surface area contributed by atoms with Crippen molar-refractivity contribution in [3.05, 3.63) is 0 Å². The van der Waals surface area contributed by atoms with Crippen LogP contribution < -0.4 is 0 Å². The van der Waals surface area contributed by atoms with Gasteiger partial charge in [-0.25, -0.2) is 0 Å². The molecule has 7 nitrogen and oxygen atoms in total. The molecule has 0 radical (unpaired) electrons. The first-order valence-corrected chi connectivity index (χ1v) is 7.98. The van der Waals surface area contributed by atoms with Crippen molar-refractivity contribution in [2.24, 2.45) is 0 Å². The van der Waals surface area contributed by atoms with Crippen molar-refractivity contribution in [2.45, 2.75) is 81.9 Å². The first-order chi connectivity index (χ1) is 10.4. The smallest absolute Gasteiger partial charge is 0.106 e. The molecular weight excluding hydrogens is 292 g/mol. The van der Waals surface area contributed by atoms with Crippen molar-refractivity contribution >= 4 is 0 Å². The molecule has 130 valence electrons. The standard InChI is InChI=1S/C15H28O7/c1-8(14-4-10(17)3-11(6-16)22-14)20-7-12-5-13(18)15(19)9(2)21-12/h8-19H,3-7H2,1-2H3/t8-,9?,10-,11-,12-,13-,14?,15-/m0/s1. The monoisotopic (exact) mass is 320 g/mol. The van der Waals surface area contributed by atoms with E-state index in [1.54, 1.807) is 6.92 Å². The topological polar surface area (TPSA) is 109 Å². The fourth-order valence-electron chi connectivity index (χ4n) is 3.08. The van der Waals surface area contributed by atoms with E-state index in [2.05, 4.69) is 0 Å². The van der Waals surface area contributed by atoms with Crippen LogP contribution in [0.15, 0.2) is 0 Å². The Labute approximate surface area is 130 Å². The maximum atomic E-state index is 9.81. The van der Waals surface area contributed by atoms with Crippen LogP contribution in [0.3, 0.4) is 0 Å². The molecular formula is C15H28O7. The minimum absolute atomic E-state index is 0.117. The molecule has 2 aliphatic rings. The zero-order chi connectivity index (χ0) is 16.3. The molecule has 22 heavy (non-hydrogen) atoms. The number of aliphatic hydroxyl groups is 4. The second kappa shape index (κ2) is 8.01. The van der Waals surface area contributed by atoms with Gasteiger partial charge in [0.2, 0.25) is 0 Å². The van der Waals surface area contributed by atoms with Gasteiger partial charge in [0, 0.05) is 19.3 Å². The summed E-state index contributed by atoms with van der Waals surface area (Å²) in [6.45, 7) is 3.74. The highest BCUT2D eigenvalue weighted by Gasteiger charge is 2.36. The second-order valence-electron chi connectivity index (χ2n) is 6.40. The predicted octanol–water partition coefficient (Wildman–Crippen LogP) is -0.808. The van der Waals surface area contributed by atoms with E-state index in [-0.39, 0.29) is 37.6 Å². The molecule has 2 saturated heterocycles. The van der Waals surface area contributed by atoms with Gasteiger partial charge in [-0.05, 0) is 13.8 Å². The van der Waals surface area contributed by atoms with E-state index in [1.807, 2.05) is 6.92 Å². The van der Waals surface area contributed by atoms with Crippen LogP contribution in [0.4, 0.5) is 0 Å². The summed E-state index contributed by atoms with van der Waals surface area (Å²) < 4.78 is 17.1. The van der Waals surface area contributed by atoms with Crippen LogP contribution >= 0.6 is 0 Å². The van der Waals surface area contributed by atoms with Crippen LogP contribution in [0.5, 0.6) is 0 Å². The molecule has 0 aromatic rings. The summed E-state index contributed by atoms with van der Waals surface area (Å²) in [6.07, 6.45) is -2.54. The number of hydrogen-bond acceptors (Lipinski definition) is 7. The van der Waals surface area contributed by atoms with Crippen molar-refractivity contribution in [2.75, 3.05) is 13.2 Å². The highest BCUT2D eigenvalue weighted by atomic mass is 16.6. The summed E-state index contributed by atoms with van der Waals surface area (Å²) in [5, 5.41) is 38.4. The van der Waals surface area contributed by atoms with E-state index in [9.17, 15) is 20.4 Å². The van der Waals surface area contributed by atoms with E-state index in [1.165, 1.54) is 0 Å². The Morgan fingerprint density at radius 3 is 2.45 bits per heavy atom. The van der Waals surface area contributed by atoms with Gasteiger partial charge >= 0.3 is 0 Å². The third-order valence-electron chi connectivity index (χ3n) is 4.47. The SMILES string of the molecule is CC1O[C@H](CO[C@@H](C)C2C[C@@H](O)C[C@@H](CO)O2)C[C@H](O)[C@H]1O. The Morgan fingerprint density at radius 1 is 1.09 bits per heavy atom. The summed E-state index contributed by atoms with van der Waals surface area (Å²) in [6, 6.07) is 0. The molecule has 7 heteroatoms. The van der Waals surface area contributed by atoms with E-state index >= 15 is 0 Å². The van der Waals surface area contributed by atoms with E-state index in [0.29, 0.717) is 19.3 Å². The predicted molar refractivity (Wildman–Crippen MR) is 77.4 cm³/mol. The molecule has 2 aliphatic heterocycles. The summed E-state index contributed by atoms with van der Waals surface area (Å²) in [4.78, 5) is 0. The normalized spacial score (nSPS) is 44.7. The van der Waals surface area contributed by atoms with Gasteiger partial charge in [0.05, 0.1) is 55.9 Å². The van der Waals surface area contributed by atoms with Gasteiger partial charge < -0.3 is 34.6 Å². The number of aliphatic hydroxyl groups excluding tert-OH is 4. The van der Waals surface area contributed by atoms with Crippen LogP contribution in [0.1, 0.15) is 33.1 Å². The molecule has 2 heterocycles. The lowest BCUT2D eigenvalue weighted by atomic mass is 9.98. The molecule has 0 aromatic heterocycles. The minimum atomic E-state index is -0.865. The molecule has 8 atom stereocenters. The molecule has 0 aromatic carbocycles. The first kappa shape index (κ1) is 18.1. The summed E-state index contributed by atoms with van der Waals surface area (Å²) in [5.41, 5.74) is 0. The molecule has 2 rings (SSSR count). The van der Waals surface area contributed by atoms with E-state index in [0.717, 1.165) is 0 Å². The van der Waals surface area contributed by atoms with Gasteiger partial charge in [-0.2, -0.15) is 0 Å². The third-order valence-corrected chi connectivity index (χ3v) is 4.47.